The first-order chi connectivity index (χ1) is 8.65. The molecule has 0 saturated heterocycles. The van der Waals surface area contributed by atoms with Crippen LogP contribution in [0.1, 0.15) is 21.9 Å². The van der Waals surface area contributed by atoms with E-state index in [0.717, 1.165) is 5.69 Å². The normalized spacial score (nSPS) is 10.1. The molecular weight excluding hydrogens is 230 g/mol. The Labute approximate surface area is 104 Å². The maximum absolute atomic E-state index is 11.8. The van der Waals surface area contributed by atoms with Gasteiger partial charge in [0.1, 0.15) is 11.5 Å². The monoisotopic (exact) mass is 243 g/mol. The van der Waals surface area contributed by atoms with Crippen molar-refractivity contribution < 1.29 is 4.79 Å². The van der Waals surface area contributed by atoms with Gasteiger partial charge in [0, 0.05) is 6.20 Å². The molecule has 18 heavy (non-hydrogen) atoms. The lowest BCUT2D eigenvalue weighted by molar-refractivity contribution is 0.0945. The SMILES string of the molecule is Cc1cnc(CNC(=O)c2cccc(N)n2)cn1. The first-order valence-corrected chi connectivity index (χ1v) is 5.43. The molecule has 3 N–H and O–H groups in total. The number of amides is 1. The summed E-state index contributed by atoms with van der Waals surface area (Å²) < 4.78 is 0. The van der Waals surface area contributed by atoms with Gasteiger partial charge in [-0.1, -0.05) is 6.07 Å². The molecule has 0 aromatic carbocycles. The van der Waals surface area contributed by atoms with Crippen molar-refractivity contribution in [3.63, 3.8) is 0 Å². The highest BCUT2D eigenvalue weighted by atomic mass is 16.1. The molecule has 1 amide bonds. The summed E-state index contributed by atoms with van der Waals surface area (Å²) in [4.78, 5) is 23.9. The third-order valence-electron chi connectivity index (χ3n) is 2.27. The molecule has 0 aliphatic carbocycles. The largest absolute Gasteiger partial charge is 0.384 e. The zero-order valence-corrected chi connectivity index (χ0v) is 9.92. The summed E-state index contributed by atoms with van der Waals surface area (Å²) in [6, 6.07) is 4.91. The van der Waals surface area contributed by atoms with Crippen molar-refractivity contribution >= 4 is 11.7 Å². The van der Waals surface area contributed by atoms with Gasteiger partial charge in [-0.05, 0) is 19.1 Å². The van der Waals surface area contributed by atoms with E-state index in [4.69, 9.17) is 5.73 Å². The fraction of sp³-hybridized carbons (Fsp3) is 0.167. The van der Waals surface area contributed by atoms with Crippen LogP contribution in [-0.4, -0.2) is 20.9 Å². The second-order valence-electron chi connectivity index (χ2n) is 3.78. The number of nitrogens with two attached hydrogens (primary N) is 1. The van der Waals surface area contributed by atoms with Crippen molar-refractivity contribution in [2.45, 2.75) is 13.5 Å². The average molecular weight is 243 g/mol. The van der Waals surface area contributed by atoms with Crippen LogP contribution in [-0.2, 0) is 6.54 Å². The molecule has 0 atom stereocenters. The topological polar surface area (TPSA) is 93.8 Å². The van der Waals surface area contributed by atoms with E-state index in [1.54, 1.807) is 30.6 Å². The van der Waals surface area contributed by atoms with Gasteiger partial charge in [0.25, 0.3) is 5.91 Å². The minimum Gasteiger partial charge on any atom is -0.384 e. The van der Waals surface area contributed by atoms with Gasteiger partial charge >= 0.3 is 0 Å². The Morgan fingerprint density at radius 3 is 2.83 bits per heavy atom. The molecule has 0 saturated carbocycles. The van der Waals surface area contributed by atoms with Gasteiger partial charge in [-0.2, -0.15) is 0 Å². The molecule has 2 rings (SSSR count). The number of pyridine rings is 1. The maximum Gasteiger partial charge on any atom is 0.270 e. The third kappa shape index (κ3) is 3.00. The van der Waals surface area contributed by atoms with E-state index in [1.165, 1.54) is 0 Å². The van der Waals surface area contributed by atoms with Crippen molar-refractivity contribution in [1.29, 1.82) is 0 Å². The second kappa shape index (κ2) is 5.22. The predicted octanol–water partition coefficient (Wildman–Crippen LogP) is 0.692. The van der Waals surface area contributed by atoms with Crippen LogP contribution in [0.3, 0.4) is 0 Å². The summed E-state index contributed by atoms with van der Waals surface area (Å²) in [5.41, 5.74) is 7.32. The molecule has 0 fully saturated rings. The quantitative estimate of drug-likeness (QED) is 0.827. The van der Waals surface area contributed by atoms with Crippen LogP contribution in [0.15, 0.2) is 30.6 Å². The smallest absolute Gasteiger partial charge is 0.270 e. The summed E-state index contributed by atoms with van der Waals surface area (Å²) in [5, 5.41) is 2.70. The number of nitrogens with one attached hydrogen (secondary N) is 1. The molecule has 0 radical (unpaired) electrons. The predicted molar refractivity (Wildman–Crippen MR) is 66.6 cm³/mol. The number of hydrogen-bond acceptors (Lipinski definition) is 5. The van der Waals surface area contributed by atoms with Crippen LogP contribution >= 0.6 is 0 Å². The Morgan fingerprint density at radius 1 is 1.33 bits per heavy atom. The Morgan fingerprint density at radius 2 is 2.17 bits per heavy atom. The van der Waals surface area contributed by atoms with Crippen molar-refractivity contribution in [3.05, 3.63) is 47.7 Å². The van der Waals surface area contributed by atoms with Crippen LogP contribution in [0, 0.1) is 6.92 Å². The minimum absolute atomic E-state index is 0.287. The number of nitrogens with zero attached hydrogens (tertiary/aromatic N) is 3. The summed E-state index contributed by atoms with van der Waals surface area (Å²) in [7, 11) is 0. The van der Waals surface area contributed by atoms with Gasteiger partial charge in [0.2, 0.25) is 0 Å². The molecule has 6 heteroatoms. The highest BCUT2D eigenvalue weighted by molar-refractivity contribution is 5.92. The molecule has 6 nitrogen and oxygen atoms in total. The first-order valence-electron chi connectivity index (χ1n) is 5.43. The lowest BCUT2D eigenvalue weighted by Gasteiger charge is -2.04. The van der Waals surface area contributed by atoms with Crippen LogP contribution in [0.25, 0.3) is 0 Å². The Balaban J connectivity index is 1.98. The summed E-state index contributed by atoms with van der Waals surface area (Å²) >= 11 is 0. The number of hydrogen-bond donors (Lipinski definition) is 2. The zero-order valence-electron chi connectivity index (χ0n) is 9.92. The summed E-state index contributed by atoms with van der Waals surface area (Å²) in [5.74, 6) is 0.0300. The number of carbonyl (C=O) groups excluding carboxylic acids is 1. The Kier molecular flexibility index (Phi) is 3.47. The molecular formula is C12H13N5O. The maximum atomic E-state index is 11.8. The van der Waals surface area contributed by atoms with Gasteiger partial charge in [0.05, 0.1) is 24.1 Å². The molecule has 92 valence electrons. The van der Waals surface area contributed by atoms with Gasteiger partial charge in [-0.15, -0.1) is 0 Å². The standard InChI is InChI=1S/C12H13N5O/c1-8-5-15-9(6-14-8)7-16-12(18)10-3-2-4-11(13)17-10/h2-6H,7H2,1H3,(H2,13,17)(H,16,18). The van der Waals surface area contributed by atoms with Gasteiger partial charge in [0.15, 0.2) is 0 Å². The minimum atomic E-state index is -0.287. The van der Waals surface area contributed by atoms with Crippen LogP contribution in [0.4, 0.5) is 5.82 Å². The number of nitrogen functional groups attached to an aromatic ring is 1. The number of aryl methyl sites for hydroxylation is 1. The first kappa shape index (κ1) is 12.0. The lowest BCUT2D eigenvalue weighted by Crippen LogP contribution is -2.24. The van der Waals surface area contributed by atoms with E-state index in [0.29, 0.717) is 18.1 Å². The molecule has 0 aliphatic heterocycles. The fourth-order valence-corrected chi connectivity index (χ4v) is 1.35. The van der Waals surface area contributed by atoms with Gasteiger partial charge < -0.3 is 11.1 Å². The molecule has 0 unspecified atom stereocenters. The van der Waals surface area contributed by atoms with Gasteiger partial charge in [-0.25, -0.2) is 4.98 Å². The fourth-order valence-electron chi connectivity index (χ4n) is 1.35. The molecule has 2 aromatic rings. The summed E-state index contributed by atoms with van der Waals surface area (Å²) in [6.07, 6.45) is 3.28. The highest BCUT2D eigenvalue weighted by Gasteiger charge is 2.07. The number of carbonyl (C=O) groups is 1. The Bertz CT molecular complexity index is 553. The molecule has 0 bridgehead atoms. The average Bonchev–Trinajstić information content (AvgIpc) is 2.38. The number of anilines is 1. The van der Waals surface area contributed by atoms with E-state index in [9.17, 15) is 4.79 Å². The van der Waals surface area contributed by atoms with Crippen molar-refractivity contribution in [2.75, 3.05) is 5.73 Å². The van der Waals surface area contributed by atoms with Crippen LogP contribution in [0.2, 0.25) is 0 Å². The van der Waals surface area contributed by atoms with E-state index >= 15 is 0 Å². The zero-order chi connectivity index (χ0) is 13.0. The van der Waals surface area contributed by atoms with Crippen LogP contribution in [0.5, 0.6) is 0 Å². The highest BCUT2D eigenvalue weighted by Crippen LogP contribution is 2.01. The second-order valence-corrected chi connectivity index (χ2v) is 3.78. The van der Waals surface area contributed by atoms with E-state index in [2.05, 4.69) is 20.3 Å². The van der Waals surface area contributed by atoms with Crippen molar-refractivity contribution in [2.24, 2.45) is 0 Å². The molecule has 2 heterocycles. The van der Waals surface area contributed by atoms with Crippen molar-refractivity contribution in [3.8, 4) is 0 Å². The number of rotatable bonds is 3. The lowest BCUT2D eigenvalue weighted by atomic mass is 10.3. The van der Waals surface area contributed by atoms with E-state index < -0.39 is 0 Å². The van der Waals surface area contributed by atoms with E-state index in [1.807, 2.05) is 6.92 Å². The Hall–Kier alpha value is -2.50. The molecule has 0 aliphatic rings. The van der Waals surface area contributed by atoms with Crippen LogP contribution < -0.4 is 11.1 Å². The molecule has 0 spiro atoms. The summed E-state index contributed by atoms with van der Waals surface area (Å²) in [6.45, 7) is 2.16. The number of aromatic nitrogens is 3. The molecule has 2 aromatic heterocycles. The third-order valence-corrected chi connectivity index (χ3v) is 2.27. The van der Waals surface area contributed by atoms with Crippen molar-refractivity contribution in [1.82, 2.24) is 20.3 Å². The van der Waals surface area contributed by atoms with E-state index in [-0.39, 0.29) is 11.6 Å². The van der Waals surface area contributed by atoms with Gasteiger partial charge in [-0.3, -0.25) is 14.8 Å².